The Morgan fingerprint density at radius 1 is 1.15 bits per heavy atom. The van der Waals surface area contributed by atoms with Crippen LogP contribution in [-0.4, -0.2) is 72.1 Å². The lowest BCUT2D eigenvalue weighted by atomic mass is 9.94. The number of likely N-dealkylation sites (tertiary alicyclic amines) is 1. The minimum atomic E-state index is -3.11. The number of hydrogen-bond donors (Lipinski definition) is 2. The van der Waals surface area contributed by atoms with E-state index >= 15 is 0 Å². The number of aromatic nitrogens is 1. The molecule has 39 heavy (non-hydrogen) atoms. The van der Waals surface area contributed by atoms with Crippen molar-refractivity contribution in [3.63, 3.8) is 0 Å². The number of carbonyl (C=O) groups excluding carboxylic acids is 2. The maximum atomic E-state index is 14.8. The molecule has 1 saturated heterocycles. The number of fused-ring (bicyclic) bond motifs is 1. The molecule has 0 radical (unpaired) electrons. The van der Waals surface area contributed by atoms with Crippen molar-refractivity contribution in [2.75, 3.05) is 25.0 Å². The van der Waals surface area contributed by atoms with Crippen LogP contribution in [0, 0.1) is 17.6 Å². The first-order chi connectivity index (χ1) is 18.2. The second-order valence-corrected chi connectivity index (χ2v) is 15.6. The first-order valence-corrected chi connectivity index (χ1v) is 15.8. The highest BCUT2D eigenvalue weighted by molar-refractivity contribution is 6.88. The molecule has 1 aromatic carbocycles. The normalized spacial score (nSPS) is 17.5. The molecule has 0 bridgehead atoms. The van der Waals surface area contributed by atoms with Gasteiger partial charge in [0.2, 0.25) is 5.88 Å². The van der Waals surface area contributed by atoms with E-state index in [9.17, 15) is 31.9 Å². The van der Waals surface area contributed by atoms with Gasteiger partial charge in [0, 0.05) is 54.5 Å². The summed E-state index contributed by atoms with van der Waals surface area (Å²) in [5, 5.41) is 11.5. The third-order valence-electron chi connectivity index (χ3n) is 6.63. The van der Waals surface area contributed by atoms with E-state index in [0.29, 0.717) is 0 Å². The molecule has 2 N–H and O–H groups in total. The van der Waals surface area contributed by atoms with Crippen molar-refractivity contribution in [2.45, 2.75) is 45.1 Å². The number of nitrogens with zero attached hydrogens (tertiary/aromatic N) is 3. The maximum absolute atomic E-state index is 14.8. The molecule has 0 aliphatic carbocycles. The minimum Gasteiger partial charge on any atom is -0.481 e. The highest BCUT2D eigenvalue weighted by atomic mass is 28.3. The molecule has 0 spiro atoms. The second kappa shape index (κ2) is 10.8. The summed E-state index contributed by atoms with van der Waals surface area (Å²) in [5.74, 6) is -3.92. The SMILES string of the molecule is C[Si](C)(C)c1c(F)cc(NC(=O)C2c3ccc(OC(F)F)nc3CCN2C(=O)N2CC(CC(=O)O)C2)cc1F. The largest absolute Gasteiger partial charge is 0.481 e. The summed E-state index contributed by atoms with van der Waals surface area (Å²) in [6.07, 6.45) is 0.0315. The van der Waals surface area contributed by atoms with Crippen molar-refractivity contribution in [2.24, 2.45) is 5.92 Å². The molecule has 1 fully saturated rings. The number of anilines is 1. The number of carboxylic acid groups (broad SMARTS) is 1. The van der Waals surface area contributed by atoms with Gasteiger partial charge >= 0.3 is 18.6 Å². The lowest BCUT2D eigenvalue weighted by Gasteiger charge is -2.44. The summed E-state index contributed by atoms with van der Waals surface area (Å²) >= 11 is 0. The van der Waals surface area contributed by atoms with Gasteiger partial charge in [-0.3, -0.25) is 9.59 Å². The van der Waals surface area contributed by atoms with Gasteiger partial charge in [0.25, 0.3) is 5.91 Å². The molecule has 2 aromatic rings. The Hall–Kier alpha value is -3.68. The lowest BCUT2D eigenvalue weighted by Crippen LogP contribution is -2.58. The maximum Gasteiger partial charge on any atom is 0.388 e. The van der Waals surface area contributed by atoms with Crippen molar-refractivity contribution in [3.8, 4) is 5.88 Å². The number of carboxylic acids is 1. The molecule has 2 aliphatic rings. The van der Waals surface area contributed by atoms with Crippen molar-refractivity contribution in [3.05, 3.63) is 47.2 Å². The molecular formula is C25H28F4N4O5Si. The van der Waals surface area contributed by atoms with Crippen LogP contribution in [0.5, 0.6) is 5.88 Å². The van der Waals surface area contributed by atoms with E-state index in [2.05, 4.69) is 15.0 Å². The minimum absolute atomic E-state index is 0.00751. The zero-order valence-corrected chi connectivity index (χ0v) is 22.5. The number of hydrogen-bond acceptors (Lipinski definition) is 5. The molecule has 4 rings (SSSR count). The Balaban J connectivity index is 1.63. The number of urea groups is 1. The van der Waals surface area contributed by atoms with Gasteiger partial charge < -0.3 is 25.0 Å². The van der Waals surface area contributed by atoms with Crippen molar-refractivity contribution < 1.29 is 41.8 Å². The highest BCUT2D eigenvalue weighted by Gasteiger charge is 2.42. The molecule has 3 amide bonds. The molecule has 210 valence electrons. The zero-order chi connectivity index (χ0) is 28.6. The second-order valence-electron chi connectivity index (χ2n) is 10.6. The Morgan fingerprint density at radius 3 is 2.36 bits per heavy atom. The Kier molecular flexibility index (Phi) is 7.86. The van der Waals surface area contributed by atoms with Crippen LogP contribution in [-0.2, 0) is 16.0 Å². The molecule has 3 heterocycles. The predicted octanol–water partition coefficient (Wildman–Crippen LogP) is 3.57. The molecule has 2 aliphatic heterocycles. The summed E-state index contributed by atoms with van der Waals surface area (Å²) in [4.78, 5) is 44.6. The standard InChI is InChI=1S/C25H28F4N4O5Si/c1-39(2,3)22-16(26)9-14(10-17(22)27)30-23(36)21-15-4-5-19(38-24(28)29)31-18(15)6-7-33(21)25(37)32-11-13(12-32)8-20(34)35/h4-5,9-10,13,21,24H,6-8,11-12H2,1-3H3,(H,30,36)(H,34,35). The van der Waals surface area contributed by atoms with Crippen LogP contribution in [0.1, 0.15) is 23.7 Å². The third kappa shape index (κ3) is 6.15. The fourth-order valence-corrected chi connectivity index (χ4v) is 6.54. The fourth-order valence-electron chi connectivity index (χ4n) is 4.97. The lowest BCUT2D eigenvalue weighted by molar-refractivity contribution is -0.139. The summed E-state index contributed by atoms with van der Waals surface area (Å²) in [7, 11) is -2.37. The third-order valence-corrected chi connectivity index (χ3v) is 8.61. The van der Waals surface area contributed by atoms with E-state index in [0.717, 1.165) is 18.2 Å². The summed E-state index contributed by atoms with van der Waals surface area (Å²) in [5.41, 5.74) is 0.361. The van der Waals surface area contributed by atoms with Crippen LogP contribution in [0.2, 0.25) is 19.6 Å². The van der Waals surface area contributed by atoms with Gasteiger partial charge in [0.15, 0.2) is 0 Å². The number of aliphatic carboxylic acids is 1. The molecular weight excluding hydrogens is 540 g/mol. The van der Waals surface area contributed by atoms with Crippen LogP contribution in [0.3, 0.4) is 0 Å². The molecule has 14 heteroatoms. The average molecular weight is 569 g/mol. The van der Waals surface area contributed by atoms with Gasteiger partial charge in [-0.25, -0.2) is 18.6 Å². The van der Waals surface area contributed by atoms with Crippen LogP contribution in [0.15, 0.2) is 24.3 Å². The van der Waals surface area contributed by atoms with E-state index < -0.39 is 50.3 Å². The number of halogens is 4. The van der Waals surface area contributed by atoms with Gasteiger partial charge in [-0.15, -0.1) is 0 Å². The van der Waals surface area contributed by atoms with E-state index in [1.807, 2.05) is 0 Å². The molecule has 1 unspecified atom stereocenters. The molecule has 1 atom stereocenters. The summed E-state index contributed by atoms with van der Waals surface area (Å²) in [6.45, 7) is 2.62. The quantitative estimate of drug-likeness (QED) is 0.390. The van der Waals surface area contributed by atoms with Gasteiger partial charge in [0.1, 0.15) is 17.7 Å². The number of pyridine rings is 1. The first kappa shape index (κ1) is 28.3. The molecule has 1 aromatic heterocycles. The number of carbonyl (C=O) groups is 3. The predicted molar refractivity (Wildman–Crippen MR) is 135 cm³/mol. The smallest absolute Gasteiger partial charge is 0.388 e. The Bertz CT molecular complexity index is 1280. The number of amides is 3. The number of nitrogens with one attached hydrogen (secondary N) is 1. The van der Waals surface area contributed by atoms with Crippen LogP contribution in [0.25, 0.3) is 0 Å². The van der Waals surface area contributed by atoms with Gasteiger partial charge in [-0.05, 0) is 18.2 Å². The van der Waals surface area contributed by atoms with Crippen molar-refractivity contribution in [1.29, 1.82) is 0 Å². The zero-order valence-electron chi connectivity index (χ0n) is 21.5. The number of alkyl halides is 2. The molecule has 0 saturated carbocycles. The topological polar surface area (TPSA) is 112 Å². The van der Waals surface area contributed by atoms with Gasteiger partial charge in [-0.1, -0.05) is 19.6 Å². The van der Waals surface area contributed by atoms with Crippen molar-refractivity contribution in [1.82, 2.24) is 14.8 Å². The van der Waals surface area contributed by atoms with Crippen LogP contribution >= 0.6 is 0 Å². The van der Waals surface area contributed by atoms with Crippen molar-refractivity contribution >= 4 is 36.9 Å². The fraction of sp³-hybridized carbons (Fsp3) is 0.440. The first-order valence-electron chi connectivity index (χ1n) is 12.3. The van der Waals surface area contributed by atoms with E-state index in [-0.39, 0.29) is 66.4 Å². The monoisotopic (exact) mass is 568 g/mol. The number of rotatable bonds is 7. The van der Waals surface area contributed by atoms with Crippen LogP contribution < -0.4 is 15.2 Å². The summed E-state index contributed by atoms with van der Waals surface area (Å²) in [6, 6.07) is 2.72. The van der Waals surface area contributed by atoms with E-state index in [4.69, 9.17) is 5.11 Å². The number of benzene rings is 1. The highest BCUT2D eigenvalue weighted by Crippen LogP contribution is 2.34. The summed E-state index contributed by atoms with van der Waals surface area (Å²) < 4.78 is 59.4. The Morgan fingerprint density at radius 2 is 1.79 bits per heavy atom. The van der Waals surface area contributed by atoms with E-state index in [1.54, 1.807) is 19.6 Å². The van der Waals surface area contributed by atoms with Gasteiger partial charge in [0.05, 0.1) is 20.2 Å². The Labute approximate surface area is 222 Å². The number of ether oxygens (including phenoxy) is 1. The average Bonchev–Trinajstić information content (AvgIpc) is 2.77. The van der Waals surface area contributed by atoms with E-state index in [1.165, 1.54) is 15.9 Å². The van der Waals surface area contributed by atoms with Gasteiger partial charge in [-0.2, -0.15) is 8.78 Å². The van der Waals surface area contributed by atoms with Crippen LogP contribution in [0.4, 0.5) is 28.0 Å². The molecule has 9 nitrogen and oxygen atoms in total.